The van der Waals surface area contributed by atoms with E-state index < -0.39 is 6.10 Å². The minimum absolute atomic E-state index is 0.0395. The molecule has 0 saturated carbocycles. The van der Waals surface area contributed by atoms with Gasteiger partial charge in [0.2, 0.25) is 5.78 Å². The number of carbonyl (C=O) groups excluding carboxylic acids is 1. The highest BCUT2D eigenvalue weighted by atomic mass is 16.5. The van der Waals surface area contributed by atoms with Gasteiger partial charge in [0.1, 0.15) is 29.4 Å². The second-order valence-electron chi connectivity index (χ2n) is 3.39. The summed E-state index contributed by atoms with van der Waals surface area (Å²) in [7, 11) is 2.96. The van der Waals surface area contributed by atoms with E-state index in [9.17, 15) is 9.90 Å². The average Bonchev–Trinajstić information content (AvgIpc) is 2.32. The van der Waals surface area contributed by atoms with Crippen molar-refractivity contribution in [1.29, 1.82) is 0 Å². The number of benzene rings is 1. The van der Waals surface area contributed by atoms with Crippen LogP contribution in [0.4, 0.5) is 0 Å². The zero-order valence-corrected chi connectivity index (χ0v) is 9.02. The fourth-order valence-corrected chi connectivity index (χ4v) is 1.61. The molecule has 0 aromatic heterocycles. The quantitative estimate of drug-likeness (QED) is 0.798. The summed E-state index contributed by atoms with van der Waals surface area (Å²) in [6, 6.07) is 3.18. The number of aliphatic hydroxyl groups excluding tert-OH is 1. The van der Waals surface area contributed by atoms with E-state index >= 15 is 0 Å². The van der Waals surface area contributed by atoms with Gasteiger partial charge < -0.3 is 19.3 Å². The first-order valence-corrected chi connectivity index (χ1v) is 4.78. The number of Topliss-reactive ketones (excluding diaryl/α,β-unsaturated/α-hetero) is 1. The molecule has 0 saturated heterocycles. The van der Waals surface area contributed by atoms with E-state index in [2.05, 4.69) is 0 Å². The van der Waals surface area contributed by atoms with Gasteiger partial charge in [-0.1, -0.05) is 0 Å². The summed E-state index contributed by atoms with van der Waals surface area (Å²) in [5, 5.41) is 9.41. The number of ether oxygens (including phenoxy) is 3. The molecule has 1 atom stereocenters. The predicted molar refractivity (Wildman–Crippen MR) is 55.4 cm³/mol. The highest BCUT2D eigenvalue weighted by Gasteiger charge is 2.31. The van der Waals surface area contributed by atoms with Gasteiger partial charge in [0.25, 0.3) is 0 Å². The summed E-state index contributed by atoms with van der Waals surface area (Å²) in [4.78, 5) is 11.7. The summed E-state index contributed by atoms with van der Waals surface area (Å²) in [6.07, 6.45) is -1.13. The molecule has 0 aliphatic carbocycles. The Balaban J connectivity index is 2.57. The number of hydrogen-bond acceptors (Lipinski definition) is 5. The Morgan fingerprint density at radius 2 is 2.12 bits per heavy atom. The molecular weight excluding hydrogens is 212 g/mol. The van der Waals surface area contributed by atoms with Crippen LogP contribution in [-0.4, -0.2) is 37.8 Å². The standard InChI is InChI=1S/C11H12O5/c1-14-6-3-8(15-2)10-9(4-6)16-5-7(12)11(10)13/h3-4,7,12H,5H2,1-2H3/t7-/m1/s1. The summed E-state index contributed by atoms with van der Waals surface area (Å²) >= 11 is 0. The normalized spacial score (nSPS) is 18.7. The van der Waals surface area contributed by atoms with Crippen molar-refractivity contribution in [3.05, 3.63) is 17.7 Å². The largest absolute Gasteiger partial charge is 0.496 e. The summed E-state index contributed by atoms with van der Waals surface area (Å²) < 4.78 is 15.4. The Labute approximate surface area is 92.5 Å². The van der Waals surface area contributed by atoms with Gasteiger partial charge in [0, 0.05) is 12.1 Å². The van der Waals surface area contributed by atoms with Gasteiger partial charge in [-0.05, 0) is 0 Å². The number of rotatable bonds is 2. The van der Waals surface area contributed by atoms with Gasteiger partial charge >= 0.3 is 0 Å². The van der Waals surface area contributed by atoms with Crippen molar-refractivity contribution in [2.24, 2.45) is 0 Å². The van der Waals surface area contributed by atoms with Crippen LogP contribution < -0.4 is 14.2 Å². The molecule has 5 heteroatoms. The minimum atomic E-state index is -1.13. The first-order valence-electron chi connectivity index (χ1n) is 4.78. The lowest BCUT2D eigenvalue weighted by atomic mass is 10.0. The molecule has 0 unspecified atom stereocenters. The topological polar surface area (TPSA) is 65.0 Å². The smallest absolute Gasteiger partial charge is 0.202 e. The number of carbonyl (C=O) groups is 1. The van der Waals surface area contributed by atoms with Crippen LogP contribution >= 0.6 is 0 Å². The van der Waals surface area contributed by atoms with Gasteiger partial charge in [0.05, 0.1) is 14.2 Å². The summed E-state index contributed by atoms with van der Waals surface area (Å²) in [6.45, 7) is -0.0395. The van der Waals surface area contributed by atoms with Crippen LogP contribution in [0.5, 0.6) is 17.2 Å². The molecule has 1 aliphatic heterocycles. The molecule has 1 N–H and O–H groups in total. The van der Waals surface area contributed by atoms with Crippen LogP contribution in [0.3, 0.4) is 0 Å². The van der Waals surface area contributed by atoms with Gasteiger partial charge in [-0.15, -0.1) is 0 Å². The summed E-state index contributed by atoms with van der Waals surface area (Å²) in [5.74, 6) is 0.880. The van der Waals surface area contributed by atoms with Gasteiger partial charge in [-0.25, -0.2) is 0 Å². The molecule has 0 amide bonds. The van der Waals surface area contributed by atoms with Crippen LogP contribution in [0.25, 0.3) is 0 Å². The van der Waals surface area contributed by atoms with Crippen LogP contribution in [0.2, 0.25) is 0 Å². The maximum absolute atomic E-state index is 11.7. The van der Waals surface area contributed by atoms with E-state index in [1.807, 2.05) is 0 Å². The van der Waals surface area contributed by atoms with Crippen molar-refractivity contribution in [2.75, 3.05) is 20.8 Å². The molecule has 0 fully saturated rings. The molecule has 1 aromatic rings. The van der Waals surface area contributed by atoms with E-state index in [1.165, 1.54) is 14.2 Å². The highest BCUT2D eigenvalue weighted by molar-refractivity contribution is 6.05. The van der Waals surface area contributed by atoms with E-state index in [0.717, 1.165) is 0 Å². The third kappa shape index (κ3) is 1.59. The van der Waals surface area contributed by atoms with Crippen molar-refractivity contribution in [1.82, 2.24) is 0 Å². The number of methoxy groups -OCH3 is 2. The minimum Gasteiger partial charge on any atom is -0.496 e. The monoisotopic (exact) mass is 224 g/mol. The van der Waals surface area contributed by atoms with Crippen molar-refractivity contribution in [2.45, 2.75) is 6.10 Å². The maximum Gasteiger partial charge on any atom is 0.202 e. The Kier molecular flexibility index (Phi) is 2.70. The Hall–Kier alpha value is -1.75. The molecular formula is C11H12O5. The number of ketones is 1. The summed E-state index contributed by atoms with van der Waals surface area (Å²) in [5.41, 5.74) is 0.266. The molecule has 0 spiro atoms. The van der Waals surface area contributed by atoms with Gasteiger partial charge in [-0.2, -0.15) is 0 Å². The third-order valence-corrected chi connectivity index (χ3v) is 2.44. The molecule has 1 aromatic carbocycles. The number of fused-ring (bicyclic) bond motifs is 1. The lowest BCUT2D eigenvalue weighted by Gasteiger charge is -2.22. The molecule has 0 bridgehead atoms. The molecule has 5 nitrogen and oxygen atoms in total. The SMILES string of the molecule is COc1cc(OC)c2c(c1)OC[C@@H](O)C2=O. The second kappa shape index (κ2) is 4.02. The van der Waals surface area contributed by atoms with E-state index in [1.54, 1.807) is 12.1 Å². The highest BCUT2D eigenvalue weighted by Crippen LogP contribution is 2.37. The Morgan fingerprint density at radius 3 is 2.75 bits per heavy atom. The van der Waals surface area contributed by atoms with Gasteiger partial charge in [0.15, 0.2) is 6.10 Å². The lowest BCUT2D eigenvalue weighted by molar-refractivity contribution is 0.0552. The van der Waals surface area contributed by atoms with Crippen molar-refractivity contribution >= 4 is 5.78 Å². The fourth-order valence-electron chi connectivity index (χ4n) is 1.61. The molecule has 86 valence electrons. The average molecular weight is 224 g/mol. The third-order valence-electron chi connectivity index (χ3n) is 2.44. The second-order valence-corrected chi connectivity index (χ2v) is 3.39. The molecule has 1 aliphatic rings. The van der Waals surface area contributed by atoms with Crippen molar-refractivity contribution < 1.29 is 24.1 Å². The van der Waals surface area contributed by atoms with Gasteiger partial charge in [-0.3, -0.25) is 4.79 Å². The lowest BCUT2D eigenvalue weighted by Crippen LogP contribution is -2.32. The molecule has 0 radical (unpaired) electrons. The van der Waals surface area contributed by atoms with E-state index in [4.69, 9.17) is 14.2 Å². The number of hydrogen-bond donors (Lipinski definition) is 1. The number of aliphatic hydroxyl groups is 1. The first kappa shape index (κ1) is 10.8. The molecule has 1 heterocycles. The van der Waals surface area contributed by atoms with E-state index in [-0.39, 0.29) is 18.0 Å². The fraction of sp³-hybridized carbons (Fsp3) is 0.364. The first-order chi connectivity index (χ1) is 7.67. The zero-order chi connectivity index (χ0) is 11.7. The molecule has 16 heavy (non-hydrogen) atoms. The Bertz CT molecular complexity index is 409. The predicted octanol–water partition coefficient (Wildman–Crippen LogP) is 0.640. The van der Waals surface area contributed by atoms with E-state index in [0.29, 0.717) is 17.2 Å². The van der Waals surface area contributed by atoms with Crippen LogP contribution in [-0.2, 0) is 0 Å². The van der Waals surface area contributed by atoms with Crippen LogP contribution in [0.1, 0.15) is 10.4 Å². The molecule has 2 rings (SSSR count). The van der Waals surface area contributed by atoms with Crippen molar-refractivity contribution in [3.63, 3.8) is 0 Å². The Morgan fingerprint density at radius 1 is 1.38 bits per heavy atom. The zero-order valence-electron chi connectivity index (χ0n) is 9.02. The van der Waals surface area contributed by atoms with Crippen LogP contribution in [0, 0.1) is 0 Å². The van der Waals surface area contributed by atoms with Crippen LogP contribution in [0.15, 0.2) is 12.1 Å². The van der Waals surface area contributed by atoms with Crippen molar-refractivity contribution in [3.8, 4) is 17.2 Å². The maximum atomic E-state index is 11.7.